The van der Waals surface area contributed by atoms with Crippen LogP contribution in [0.2, 0.25) is 5.02 Å². The summed E-state index contributed by atoms with van der Waals surface area (Å²) in [5, 5.41) is 4.13. The van der Waals surface area contributed by atoms with Crippen molar-refractivity contribution in [3.8, 4) is 5.75 Å². The van der Waals surface area contributed by atoms with Crippen molar-refractivity contribution in [1.82, 2.24) is 10.3 Å². The van der Waals surface area contributed by atoms with Crippen molar-refractivity contribution in [2.75, 3.05) is 13.2 Å². The molecule has 1 unspecified atom stereocenters. The number of rotatable bonds is 4. The first kappa shape index (κ1) is 13.4. The molecule has 2 aromatic rings. The van der Waals surface area contributed by atoms with Gasteiger partial charge in [0.25, 0.3) is 0 Å². The second kappa shape index (κ2) is 5.81. The number of pyridine rings is 1. The molecule has 1 aliphatic heterocycles. The largest absolute Gasteiger partial charge is 0.493 e. The number of ether oxygens (including phenoxy) is 1. The van der Waals surface area contributed by atoms with Crippen molar-refractivity contribution in [2.45, 2.75) is 19.4 Å². The lowest BCUT2D eigenvalue weighted by Crippen LogP contribution is -2.23. The summed E-state index contributed by atoms with van der Waals surface area (Å²) in [4.78, 5) is 4.45. The average Bonchev–Trinajstić information content (AvgIpc) is 2.94. The van der Waals surface area contributed by atoms with Gasteiger partial charge in [0, 0.05) is 18.2 Å². The summed E-state index contributed by atoms with van der Waals surface area (Å²) in [7, 11) is 0. The van der Waals surface area contributed by atoms with Gasteiger partial charge < -0.3 is 10.1 Å². The maximum atomic E-state index is 5.93. The van der Waals surface area contributed by atoms with Gasteiger partial charge in [-0.05, 0) is 24.2 Å². The highest BCUT2D eigenvalue weighted by molar-refractivity contribution is 6.30. The minimum Gasteiger partial charge on any atom is -0.493 e. The van der Waals surface area contributed by atoms with Crippen LogP contribution >= 0.6 is 11.6 Å². The number of nitrogens with one attached hydrogen (secondary N) is 1. The molecule has 1 N–H and O–H groups in total. The van der Waals surface area contributed by atoms with Gasteiger partial charge in [0.05, 0.1) is 23.4 Å². The van der Waals surface area contributed by atoms with Crippen molar-refractivity contribution in [3.63, 3.8) is 0 Å². The van der Waals surface area contributed by atoms with E-state index in [-0.39, 0.29) is 6.04 Å². The lowest BCUT2D eigenvalue weighted by atomic mass is 9.99. The van der Waals surface area contributed by atoms with Crippen molar-refractivity contribution < 1.29 is 4.74 Å². The van der Waals surface area contributed by atoms with Crippen molar-refractivity contribution >= 4 is 11.6 Å². The molecule has 0 saturated carbocycles. The van der Waals surface area contributed by atoms with E-state index in [4.69, 9.17) is 16.3 Å². The van der Waals surface area contributed by atoms with Crippen LogP contribution in [0.15, 0.2) is 36.5 Å². The number of nitrogens with zero attached hydrogens (tertiary/aromatic N) is 1. The molecule has 20 heavy (non-hydrogen) atoms. The number of fused-ring (bicyclic) bond motifs is 1. The van der Waals surface area contributed by atoms with Gasteiger partial charge in [-0.25, -0.2) is 0 Å². The summed E-state index contributed by atoms with van der Waals surface area (Å²) in [6.45, 7) is 3.71. The monoisotopic (exact) mass is 288 g/mol. The van der Waals surface area contributed by atoms with Crippen LogP contribution in [0.3, 0.4) is 0 Å². The van der Waals surface area contributed by atoms with Crippen LogP contribution < -0.4 is 10.1 Å². The maximum absolute atomic E-state index is 5.93. The molecule has 4 heteroatoms. The predicted molar refractivity (Wildman–Crippen MR) is 80.4 cm³/mol. The Morgan fingerprint density at radius 3 is 3.00 bits per heavy atom. The zero-order valence-corrected chi connectivity index (χ0v) is 12.2. The topological polar surface area (TPSA) is 34.2 Å². The van der Waals surface area contributed by atoms with Crippen LogP contribution in [-0.4, -0.2) is 18.1 Å². The fraction of sp³-hybridized carbons (Fsp3) is 0.312. The van der Waals surface area contributed by atoms with E-state index in [1.165, 1.54) is 5.56 Å². The maximum Gasteiger partial charge on any atom is 0.127 e. The third kappa shape index (κ3) is 2.51. The molecule has 0 fully saturated rings. The summed E-state index contributed by atoms with van der Waals surface area (Å²) in [6.07, 6.45) is 2.67. The minimum absolute atomic E-state index is 0.0327. The van der Waals surface area contributed by atoms with Gasteiger partial charge in [0.1, 0.15) is 5.75 Å². The highest BCUT2D eigenvalue weighted by Crippen LogP contribution is 2.35. The number of hydrogen-bond donors (Lipinski definition) is 1. The summed E-state index contributed by atoms with van der Waals surface area (Å²) >= 11 is 5.93. The number of hydrogen-bond acceptors (Lipinski definition) is 3. The molecule has 0 amide bonds. The van der Waals surface area contributed by atoms with Gasteiger partial charge in [0.2, 0.25) is 0 Å². The molecule has 0 spiro atoms. The molecule has 1 aromatic heterocycles. The molecule has 0 aliphatic carbocycles. The van der Waals surface area contributed by atoms with Crippen LogP contribution in [0.1, 0.15) is 29.8 Å². The summed E-state index contributed by atoms with van der Waals surface area (Å²) in [5.41, 5.74) is 3.39. The second-order valence-electron chi connectivity index (χ2n) is 4.83. The highest BCUT2D eigenvalue weighted by Gasteiger charge is 2.23. The normalized spacial score (nSPS) is 14.7. The quantitative estimate of drug-likeness (QED) is 0.937. The predicted octanol–water partition coefficient (Wildman–Crippen LogP) is 3.37. The lowest BCUT2D eigenvalue weighted by molar-refractivity contribution is 0.350. The molecule has 1 aliphatic rings. The Morgan fingerprint density at radius 2 is 2.25 bits per heavy atom. The van der Waals surface area contributed by atoms with Gasteiger partial charge in [-0.15, -0.1) is 0 Å². The molecule has 0 radical (unpaired) electrons. The third-order valence-electron chi connectivity index (χ3n) is 3.51. The molecule has 2 heterocycles. The van der Waals surface area contributed by atoms with Crippen molar-refractivity contribution in [2.24, 2.45) is 0 Å². The summed E-state index contributed by atoms with van der Waals surface area (Å²) in [5.74, 6) is 1.01. The third-order valence-corrected chi connectivity index (χ3v) is 3.73. The van der Waals surface area contributed by atoms with E-state index in [1.54, 1.807) is 6.20 Å². The van der Waals surface area contributed by atoms with Crippen molar-refractivity contribution in [3.05, 3.63) is 58.4 Å². The zero-order chi connectivity index (χ0) is 13.9. The van der Waals surface area contributed by atoms with E-state index in [0.29, 0.717) is 5.02 Å². The fourth-order valence-electron chi connectivity index (χ4n) is 2.60. The van der Waals surface area contributed by atoms with Gasteiger partial charge >= 0.3 is 0 Å². The first-order chi connectivity index (χ1) is 9.79. The Bertz CT molecular complexity index is 598. The molecule has 3 rings (SSSR count). The molecular formula is C16H17ClN2O. The molecule has 104 valence electrons. The van der Waals surface area contributed by atoms with E-state index < -0.39 is 0 Å². The lowest BCUT2D eigenvalue weighted by Gasteiger charge is -2.20. The molecule has 1 atom stereocenters. The van der Waals surface area contributed by atoms with E-state index in [2.05, 4.69) is 35.4 Å². The second-order valence-corrected chi connectivity index (χ2v) is 5.26. The number of para-hydroxylation sites is 1. The minimum atomic E-state index is 0.0327. The Balaban J connectivity index is 2.03. The summed E-state index contributed by atoms with van der Waals surface area (Å²) < 4.78 is 5.81. The van der Waals surface area contributed by atoms with Crippen LogP contribution in [0, 0.1) is 0 Å². The average molecular weight is 289 g/mol. The molecule has 3 nitrogen and oxygen atoms in total. The molecular weight excluding hydrogens is 272 g/mol. The Kier molecular flexibility index (Phi) is 3.90. The van der Waals surface area contributed by atoms with Crippen LogP contribution in [0.4, 0.5) is 0 Å². The first-order valence-electron chi connectivity index (χ1n) is 6.89. The fourth-order valence-corrected chi connectivity index (χ4v) is 2.72. The first-order valence-corrected chi connectivity index (χ1v) is 7.27. The van der Waals surface area contributed by atoms with Gasteiger partial charge in [-0.3, -0.25) is 4.98 Å². The van der Waals surface area contributed by atoms with Gasteiger partial charge in [-0.1, -0.05) is 36.7 Å². The van der Waals surface area contributed by atoms with E-state index in [9.17, 15) is 0 Å². The zero-order valence-electron chi connectivity index (χ0n) is 11.4. The van der Waals surface area contributed by atoms with Crippen molar-refractivity contribution in [1.29, 1.82) is 0 Å². The van der Waals surface area contributed by atoms with Crippen LogP contribution in [-0.2, 0) is 6.42 Å². The Morgan fingerprint density at radius 1 is 1.35 bits per heavy atom. The molecule has 1 aromatic carbocycles. The summed E-state index contributed by atoms with van der Waals surface area (Å²) in [6, 6.07) is 10.2. The highest BCUT2D eigenvalue weighted by atomic mass is 35.5. The molecule has 0 saturated heterocycles. The smallest absolute Gasteiger partial charge is 0.127 e. The van der Waals surface area contributed by atoms with Gasteiger partial charge in [0.15, 0.2) is 0 Å². The number of aromatic nitrogens is 1. The SMILES string of the molecule is CCNC(c1ccc(Cl)cn1)c1cccc2c1OCC2. The standard InChI is InChI=1S/C16H17ClN2O/c1-2-18-15(14-7-6-12(17)10-19-14)13-5-3-4-11-8-9-20-16(11)13/h3-7,10,15,18H,2,8-9H2,1H3. The number of halogens is 1. The Labute approximate surface area is 123 Å². The number of benzene rings is 1. The Hall–Kier alpha value is -1.58. The van der Waals surface area contributed by atoms with E-state index >= 15 is 0 Å². The van der Waals surface area contributed by atoms with Gasteiger partial charge in [-0.2, -0.15) is 0 Å². The van der Waals surface area contributed by atoms with Crippen LogP contribution in [0.25, 0.3) is 0 Å². The molecule has 0 bridgehead atoms. The van der Waals surface area contributed by atoms with E-state index in [0.717, 1.165) is 36.6 Å². The van der Waals surface area contributed by atoms with E-state index in [1.807, 2.05) is 12.1 Å². The van der Waals surface area contributed by atoms with Crippen LogP contribution in [0.5, 0.6) is 5.75 Å².